The quantitative estimate of drug-likeness (QED) is 0.832. The van der Waals surface area contributed by atoms with Gasteiger partial charge < -0.3 is 5.32 Å². The second-order valence-corrected chi connectivity index (χ2v) is 7.96. The Kier molecular flexibility index (Phi) is 4.67. The average Bonchev–Trinajstić information content (AvgIpc) is 2.80. The molecular formula is C13H26N2O2S. The van der Waals surface area contributed by atoms with Crippen LogP contribution in [0.2, 0.25) is 0 Å². The molecule has 3 unspecified atom stereocenters. The first kappa shape index (κ1) is 14.3. The third-order valence-corrected chi connectivity index (χ3v) is 6.15. The topological polar surface area (TPSA) is 49.4 Å². The molecule has 2 rings (SSSR count). The van der Waals surface area contributed by atoms with Gasteiger partial charge in [-0.25, -0.2) is 8.42 Å². The number of likely N-dealkylation sites (N-methyl/N-ethyl adjacent to an activating group) is 1. The first-order valence-corrected chi connectivity index (χ1v) is 9.15. The van der Waals surface area contributed by atoms with Crippen LogP contribution in [-0.4, -0.2) is 56.5 Å². The Morgan fingerprint density at radius 2 is 2.00 bits per heavy atom. The average molecular weight is 274 g/mol. The van der Waals surface area contributed by atoms with Crippen LogP contribution in [0.3, 0.4) is 0 Å². The smallest absolute Gasteiger partial charge is 0.151 e. The van der Waals surface area contributed by atoms with Gasteiger partial charge in [-0.2, -0.15) is 0 Å². The fraction of sp³-hybridized carbons (Fsp3) is 1.00. The van der Waals surface area contributed by atoms with E-state index in [1.165, 1.54) is 19.1 Å². The minimum Gasteiger partial charge on any atom is -0.315 e. The lowest BCUT2D eigenvalue weighted by Gasteiger charge is -2.40. The maximum Gasteiger partial charge on any atom is 0.151 e. The largest absolute Gasteiger partial charge is 0.315 e. The summed E-state index contributed by atoms with van der Waals surface area (Å²) in [5, 5.41) is 3.30. The molecule has 1 N–H and O–H groups in total. The Labute approximate surface area is 111 Å². The number of nitrogens with zero attached hydrogens (tertiary/aromatic N) is 1. The summed E-state index contributed by atoms with van der Waals surface area (Å²) >= 11 is 0. The van der Waals surface area contributed by atoms with Crippen LogP contribution in [-0.2, 0) is 9.84 Å². The summed E-state index contributed by atoms with van der Waals surface area (Å²) in [4.78, 5) is 2.45. The van der Waals surface area contributed by atoms with Gasteiger partial charge in [0.25, 0.3) is 0 Å². The molecular weight excluding hydrogens is 248 g/mol. The Morgan fingerprint density at radius 1 is 1.22 bits per heavy atom. The van der Waals surface area contributed by atoms with Crippen LogP contribution in [0.4, 0.5) is 0 Å². The van der Waals surface area contributed by atoms with Gasteiger partial charge in [0.2, 0.25) is 0 Å². The zero-order valence-electron chi connectivity index (χ0n) is 11.6. The van der Waals surface area contributed by atoms with Gasteiger partial charge in [0.05, 0.1) is 5.25 Å². The van der Waals surface area contributed by atoms with Crippen molar-refractivity contribution in [3.8, 4) is 0 Å². The Bertz CT molecular complexity index is 363. The predicted octanol–water partition coefficient (Wildman–Crippen LogP) is 1.03. The van der Waals surface area contributed by atoms with E-state index < -0.39 is 9.84 Å². The summed E-state index contributed by atoms with van der Waals surface area (Å²) in [5.74, 6) is 0. The standard InChI is InChI=1S/C13H26N2O2S/c1-3-15(11-6-5-9-14-10-11)12-7-4-8-13(12)18(2,16)17/h11-14H,3-10H2,1-2H3. The van der Waals surface area contributed by atoms with Crippen LogP contribution >= 0.6 is 0 Å². The van der Waals surface area contributed by atoms with Crippen molar-refractivity contribution >= 4 is 9.84 Å². The molecule has 0 aromatic rings. The van der Waals surface area contributed by atoms with Crippen molar-refractivity contribution in [3.05, 3.63) is 0 Å². The fourth-order valence-electron chi connectivity index (χ4n) is 3.67. The van der Waals surface area contributed by atoms with Gasteiger partial charge in [-0.1, -0.05) is 13.3 Å². The highest BCUT2D eigenvalue weighted by atomic mass is 32.2. The monoisotopic (exact) mass is 274 g/mol. The van der Waals surface area contributed by atoms with Crippen molar-refractivity contribution in [2.75, 3.05) is 25.9 Å². The molecule has 1 aliphatic carbocycles. The molecule has 5 heteroatoms. The number of nitrogens with one attached hydrogen (secondary N) is 1. The second kappa shape index (κ2) is 5.88. The number of sulfone groups is 1. The van der Waals surface area contributed by atoms with Crippen molar-refractivity contribution in [3.63, 3.8) is 0 Å². The summed E-state index contributed by atoms with van der Waals surface area (Å²) < 4.78 is 23.8. The lowest BCUT2D eigenvalue weighted by molar-refractivity contribution is 0.122. The van der Waals surface area contributed by atoms with Crippen LogP contribution in [0.25, 0.3) is 0 Å². The van der Waals surface area contributed by atoms with E-state index in [2.05, 4.69) is 17.1 Å². The minimum absolute atomic E-state index is 0.139. The molecule has 0 radical (unpaired) electrons. The molecule has 2 aliphatic rings. The van der Waals surface area contributed by atoms with Crippen LogP contribution in [0.15, 0.2) is 0 Å². The Hall–Kier alpha value is -0.130. The molecule has 18 heavy (non-hydrogen) atoms. The van der Waals surface area contributed by atoms with Crippen LogP contribution in [0.1, 0.15) is 39.0 Å². The van der Waals surface area contributed by atoms with E-state index in [1.807, 2.05) is 0 Å². The highest BCUT2D eigenvalue weighted by Crippen LogP contribution is 2.31. The van der Waals surface area contributed by atoms with Crippen LogP contribution < -0.4 is 5.32 Å². The first-order valence-electron chi connectivity index (χ1n) is 7.19. The van der Waals surface area contributed by atoms with Gasteiger partial charge in [-0.05, 0) is 38.8 Å². The summed E-state index contributed by atoms with van der Waals surface area (Å²) in [6.45, 7) is 5.24. The van der Waals surface area contributed by atoms with E-state index in [4.69, 9.17) is 0 Å². The van der Waals surface area contributed by atoms with E-state index in [9.17, 15) is 8.42 Å². The van der Waals surface area contributed by atoms with Crippen molar-refractivity contribution in [1.29, 1.82) is 0 Å². The maximum atomic E-state index is 11.9. The van der Waals surface area contributed by atoms with E-state index in [-0.39, 0.29) is 11.3 Å². The highest BCUT2D eigenvalue weighted by molar-refractivity contribution is 7.91. The number of hydrogen-bond acceptors (Lipinski definition) is 4. The molecule has 4 nitrogen and oxygen atoms in total. The molecule has 1 saturated carbocycles. The third kappa shape index (κ3) is 3.06. The SMILES string of the molecule is CCN(C1CCCNC1)C1CCCC1S(C)(=O)=O. The summed E-state index contributed by atoms with van der Waals surface area (Å²) in [6.07, 6.45) is 6.76. The number of piperidine rings is 1. The lowest BCUT2D eigenvalue weighted by Crippen LogP contribution is -2.53. The molecule has 1 saturated heterocycles. The third-order valence-electron chi connectivity index (χ3n) is 4.50. The lowest BCUT2D eigenvalue weighted by atomic mass is 10.0. The van der Waals surface area contributed by atoms with Crippen molar-refractivity contribution < 1.29 is 8.42 Å². The van der Waals surface area contributed by atoms with Gasteiger partial charge >= 0.3 is 0 Å². The number of hydrogen-bond donors (Lipinski definition) is 1. The maximum absolute atomic E-state index is 11.9. The van der Waals surface area contributed by atoms with Gasteiger partial charge in [-0.15, -0.1) is 0 Å². The van der Waals surface area contributed by atoms with E-state index in [0.29, 0.717) is 6.04 Å². The zero-order chi connectivity index (χ0) is 13.2. The normalized spacial score (nSPS) is 34.1. The molecule has 0 aromatic heterocycles. The molecule has 0 spiro atoms. The Balaban J connectivity index is 2.11. The van der Waals surface area contributed by atoms with Gasteiger partial charge in [0.15, 0.2) is 9.84 Å². The molecule has 1 heterocycles. The molecule has 1 aliphatic heterocycles. The molecule has 0 aromatic carbocycles. The number of rotatable bonds is 4. The molecule has 0 bridgehead atoms. The van der Waals surface area contributed by atoms with Crippen molar-refractivity contribution in [2.24, 2.45) is 0 Å². The van der Waals surface area contributed by atoms with Crippen molar-refractivity contribution in [1.82, 2.24) is 10.2 Å². The molecule has 2 fully saturated rings. The van der Waals surface area contributed by atoms with Gasteiger partial charge in [0, 0.05) is 24.9 Å². The zero-order valence-corrected chi connectivity index (χ0v) is 12.4. The van der Waals surface area contributed by atoms with E-state index >= 15 is 0 Å². The van der Waals surface area contributed by atoms with E-state index in [1.54, 1.807) is 0 Å². The van der Waals surface area contributed by atoms with Crippen LogP contribution in [0.5, 0.6) is 0 Å². The van der Waals surface area contributed by atoms with Gasteiger partial charge in [-0.3, -0.25) is 4.90 Å². The summed E-state index contributed by atoms with van der Waals surface area (Å²) in [5.41, 5.74) is 0. The van der Waals surface area contributed by atoms with E-state index in [0.717, 1.165) is 38.9 Å². The minimum atomic E-state index is -2.91. The predicted molar refractivity (Wildman–Crippen MR) is 74.5 cm³/mol. The van der Waals surface area contributed by atoms with Gasteiger partial charge in [0.1, 0.15) is 0 Å². The second-order valence-electron chi connectivity index (χ2n) is 5.70. The fourth-order valence-corrected chi connectivity index (χ4v) is 5.12. The summed E-state index contributed by atoms with van der Waals surface area (Å²) in [7, 11) is -2.91. The molecule has 0 amide bonds. The first-order chi connectivity index (χ1) is 8.54. The molecule has 3 atom stereocenters. The van der Waals surface area contributed by atoms with Crippen molar-refractivity contribution in [2.45, 2.75) is 56.4 Å². The van der Waals surface area contributed by atoms with Crippen LogP contribution in [0, 0.1) is 0 Å². The highest BCUT2D eigenvalue weighted by Gasteiger charge is 2.40. The Morgan fingerprint density at radius 3 is 2.56 bits per heavy atom. The summed E-state index contributed by atoms with van der Waals surface area (Å²) in [6, 6.07) is 0.769. The molecule has 106 valence electrons.